The number of carbonyl (C=O) groups excluding carboxylic acids is 1. The minimum atomic E-state index is -4.39. The molecule has 0 radical (unpaired) electrons. The Labute approximate surface area is 121 Å². The fourth-order valence-electron chi connectivity index (χ4n) is 2.39. The smallest absolute Gasteiger partial charge is 0.370 e. The Bertz CT molecular complexity index is 508. The molecule has 1 fully saturated rings. The number of Topliss-reactive ketones (excluding diaryl/α,β-unsaturated/α-hetero) is 1. The van der Waals surface area contributed by atoms with E-state index in [-0.39, 0.29) is 24.1 Å². The zero-order valence-corrected chi connectivity index (χ0v) is 11.8. The van der Waals surface area contributed by atoms with Crippen LogP contribution in [0.2, 0.25) is 0 Å². The van der Waals surface area contributed by atoms with Gasteiger partial charge in [0.05, 0.1) is 11.7 Å². The van der Waals surface area contributed by atoms with Crippen molar-refractivity contribution >= 4 is 5.78 Å². The molecular formula is C15H18F3NO2. The van der Waals surface area contributed by atoms with Gasteiger partial charge in [0, 0.05) is 5.56 Å². The highest BCUT2D eigenvalue weighted by molar-refractivity contribution is 5.98. The first-order valence-corrected chi connectivity index (χ1v) is 6.91. The molecule has 1 N–H and O–H groups in total. The van der Waals surface area contributed by atoms with Crippen molar-refractivity contribution in [3.63, 3.8) is 0 Å². The third kappa shape index (κ3) is 4.28. The molecule has 0 saturated carbocycles. The molecule has 1 aliphatic rings. The van der Waals surface area contributed by atoms with Gasteiger partial charge in [-0.3, -0.25) is 4.79 Å². The zero-order chi connectivity index (χ0) is 15.5. The molecule has 1 aromatic carbocycles. The van der Waals surface area contributed by atoms with Crippen molar-refractivity contribution in [2.24, 2.45) is 0 Å². The number of hydrogen-bond donors (Lipinski definition) is 1. The Morgan fingerprint density at radius 1 is 1.33 bits per heavy atom. The number of benzene rings is 1. The Morgan fingerprint density at radius 3 is 2.57 bits per heavy atom. The fraction of sp³-hybridized carbons (Fsp3) is 0.533. The van der Waals surface area contributed by atoms with Crippen LogP contribution in [0.5, 0.6) is 0 Å². The quantitative estimate of drug-likeness (QED) is 0.869. The Balaban J connectivity index is 1.99. The van der Waals surface area contributed by atoms with Gasteiger partial charge in [0.1, 0.15) is 6.61 Å². The second-order valence-electron chi connectivity index (χ2n) is 5.21. The van der Waals surface area contributed by atoms with E-state index < -0.39 is 11.7 Å². The lowest BCUT2D eigenvalue weighted by molar-refractivity contribution is -0.137. The van der Waals surface area contributed by atoms with Gasteiger partial charge in [-0.15, -0.1) is 0 Å². The highest BCUT2D eigenvalue weighted by atomic mass is 19.4. The Morgan fingerprint density at radius 2 is 2.00 bits per heavy atom. The number of piperidine rings is 1. The summed E-state index contributed by atoms with van der Waals surface area (Å²) >= 11 is 0. The summed E-state index contributed by atoms with van der Waals surface area (Å²) in [5.74, 6) is -0.278. The molecule has 1 heterocycles. The molecule has 0 spiro atoms. The van der Waals surface area contributed by atoms with Crippen LogP contribution in [0.15, 0.2) is 18.2 Å². The lowest BCUT2D eigenvalue weighted by Gasteiger charge is -2.22. The summed E-state index contributed by atoms with van der Waals surface area (Å²) in [5.41, 5.74) is -0.128. The van der Waals surface area contributed by atoms with Crippen molar-refractivity contribution in [2.75, 3.05) is 19.7 Å². The van der Waals surface area contributed by atoms with E-state index in [1.807, 2.05) is 0 Å². The van der Waals surface area contributed by atoms with Gasteiger partial charge in [0.15, 0.2) is 5.78 Å². The van der Waals surface area contributed by atoms with Crippen LogP contribution in [0.3, 0.4) is 0 Å². The molecule has 116 valence electrons. The summed E-state index contributed by atoms with van der Waals surface area (Å²) in [6.45, 7) is 3.14. The number of hydrogen-bond acceptors (Lipinski definition) is 3. The molecule has 0 bridgehead atoms. The fourth-order valence-corrected chi connectivity index (χ4v) is 2.39. The Kier molecular flexibility index (Phi) is 5.00. The number of ketones is 1. The highest BCUT2D eigenvalue weighted by Crippen LogP contribution is 2.30. The predicted molar refractivity (Wildman–Crippen MR) is 72.4 cm³/mol. The van der Waals surface area contributed by atoms with Gasteiger partial charge in [-0.1, -0.05) is 6.07 Å². The van der Waals surface area contributed by atoms with Gasteiger partial charge in [-0.2, -0.15) is 13.2 Å². The summed E-state index contributed by atoms with van der Waals surface area (Å²) in [6, 6.07) is 3.16. The summed E-state index contributed by atoms with van der Waals surface area (Å²) in [6.07, 6.45) is -2.65. The maximum absolute atomic E-state index is 12.6. The molecule has 2 rings (SSSR count). The molecule has 1 aliphatic heterocycles. The molecule has 0 aromatic heterocycles. The van der Waals surface area contributed by atoms with E-state index in [1.165, 1.54) is 13.0 Å². The highest BCUT2D eigenvalue weighted by Gasteiger charge is 2.31. The molecule has 0 unspecified atom stereocenters. The first kappa shape index (κ1) is 16.0. The minimum absolute atomic E-state index is 0.0463. The summed E-state index contributed by atoms with van der Waals surface area (Å²) in [7, 11) is 0. The molecule has 21 heavy (non-hydrogen) atoms. The number of halogens is 3. The van der Waals surface area contributed by atoms with Crippen molar-refractivity contribution < 1.29 is 22.7 Å². The summed E-state index contributed by atoms with van der Waals surface area (Å²) in [5, 5.41) is 3.19. The van der Waals surface area contributed by atoms with Crippen LogP contribution >= 0.6 is 0 Å². The van der Waals surface area contributed by atoms with Gasteiger partial charge in [-0.25, -0.2) is 0 Å². The van der Waals surface area contributed by atoms with Crippen molar-refractivity contribution in [3.05, 3.63) is 34.9 Å². The van der Waals surface area contributed by atoms with E-state index in [4.69, 9.17) is 4.74 Å². The number of aryl methyl sites for hydroxylation is 1. The number of nitrogens with one attached hydrogen (secondary N) is 1. The standard InChI is InChI=1S/C15H18F3NO2/c1-10-8-11(15(16,17)18)2-3-13(10)14(20)9-21-12-4-6-19-7-5-12/h2-3,8,12,19H,4-7,9H2,1H3. The van der Waals surface area contributed by atoms with E-state index in [2.05, 4.69) is 5.32 Å². The van der Waals surface area contributed by atoms with Crippen molar-refractivity contribution in [2.45, 2.75) is 32.0 Å². The topological polar surface area (TPSA) is 38.3 Å². The summed E-state index contributed by atoms with van der Waals surface area (Å²) in [4.78, 5) is 12.0. The molecule has 1 aromatic rings. The normalized spacial score (nSPS) is 17.0. The second kappa shape index (κ2) is 6.58. The number of carbonyl (C=O) groups is 1. The van der Waals surface area contributed by atoms with Crippen molar-refractivity contribution in [1.29, 1.82) is 0 Å². The number of ether oxygens (including phenoxy) is 1. The second-order valence-corrected chi connectivity index (χ2v) is 5.21. The number of rotatable bonds is 4. The van der Waals surface area contributed by atoms with Crippen LogP contribution in [-0.2, 0) is 10.9 Å². The molecular weight excluding hydrogens is 283 g/mol. The van der Waals surface area contributed by atoms with Gasteiger partial charge >= 0.3 is 6.18 Å². The van der Waals surface area contributed by atoms with E-state index in [9.17, 15) is 18.0 Å². The van der Waals surface area contributed by atoms with Gasteiger partial charge in [0.25, 0.3) is 0 Å². The van der Waals surface area contributed by atoms with Crippen LogP contribution in [0, 0.1) is 6.92 Å². The minimum Gasteiger partial charge on any atom is -0.370 e. The lowest BCUT2D eigenvalue weighted by atomic mass is 10.0. The predicted octanol–water partition coefficient (Wildman–Crippen LogP) is 2.97. The first-order valence-electron chi connectivity index (χ1n) is 6.91. The lowest BCUT2D eigenvalue weighted by Crippen LogP contribution is -2.33. The molecule has 3 nitrogen and oxygen atoms in total. The van der Waals surface area contributed by atoms with Crippen LogP contribution in [0.25, 0.3) is 0 Å². The SMILES string of the molecule is Cc1cc(C(F)(F)F)ccc1C(=O)COC1CCNCC1. The summed E-state index contributed by atoms with van der Waals surface area (Å²) < 4.78 is 43.3. The van der Waals surface area contributed by atoms with Crippen molar-refractivity contribution in [1.82, 2.24) is 5.32 Å². The molecule has 0 atom stereocenters. The van der Waals surface area contributed by atoms with E-state index in [0.717, 1.165) is 38.1 Å². The van der Waals surface area contributed by atoms with Gasteiger partial charge < -0.3 is 10.1 Å². The third-order valence-electron chi connectivity index (χ3n) is 3.59. The molecule has 1 saturated heterocycles. The van der Waals surface area contributed by atoms with E-state index in [1.54, 1.807) is 0 Å². The maximum Gasteiger partial charge on any atom is 0.416 e. The molecule has 0 aliphatic carbocycles. The average molecular weight is 301 g/mol. The van der Waals surface area contributed by atoms with Crippen LogP contribution in [0.4, 0.5) is 13.2 Å². The zero-order valence-electron chi connectivity index (χ0n) is 11.8. The third-order valence-corrected chi connectivity index (χ3v) is 3.59. The van der Waals surface area contributed by atoms with E-state index in [0.29, 0.717) is 5.56 Å². The number of alkyl halides is 3. The van der Waals surface area contributed by atoms with Gasteiger partial charge in [0.2, 0.25) is 0 Å². The van der Waals surface area contributed by atoms with Crippen LogP contribution in [0.1, 0.15) is 34.3 Å². The van der Waals surface area contributed by atoms with Crippen LogP contribution in [-0.4, -0.2) is 31.6 Å². The average Bonchev–Trinajstić information content (AvgIpc) is 2.45. The van der Waals surface area contributed by atoms with Crippen molar-refractivity contribution in [3.8, 4) is 0 Å². The van der Waals surface area contributed by atoms with Gasteiger partial charge in [-0.05, 0) is 50.6 Å². The molecule has 0 amide bonds. The molecule has 6 heteroatoms. The monoisotopic (exact) mass is 301 g/mol. The Hall–Kier alpha value is -1.40. The van der Waals surface area contributed by atoms with E-state index >= 15 is 0 Å². The largest absolute Gasteiger partial charge is 0.416 e. The first-order chi connectivity index (χ1) is 9.88. The van der Waals surface area contributed by atoms with Crippen LogP contribution < -0.4 is 5.32 Å². The maximum atomic E-state index is 12.6.